The van der Waals surface area contributed by atoms with Crippen molar-refractivity contribution >= 4 is 17.2 Å². The molecule has 0 radical (unpaired) electrons. The first-order chi connectivity index (χ1) is 14.2. The van der Waals surface area contributed by atoms with Crippen molar-refractivity contribution in [1.82, 2.24) is 9.88 Å². The molecule has 0 bridgehead atoms. The zero-order valence-corrected chi connectivity index (χ0v) is 17.4. The molecule has 1 N–H and O–H groups in total. The molecule has 0 spiro atoms. The fraction of sp³-hybridized carbons (Fsp3) is 0.522. The van der Waals surface area contributed by atoms with Gasteiger partial charge >= 0.3 is 0 Å². The van der Waals surface area contributed by atoms with Crippen LogP contribution in [0, 0.1) is 5.82 Å². The van der Waals surface area contributed by atoms with E-state index in [0.717, 1.165) is 63.6 Å². The average molecular weight is 398 g/mol. The van der Waals surface area contributed by atoms with Gasteiger partial charge in [0.1, 0.15) is 11.6 Å². The van der Waals surface area contributed by atoms with Crippen molar-refractivity contribution < 1.29 is 4.39 Å². The molecule has 3 heterocycles. The van der Waals surface area contributed by atoms with Crippen LogP contribution in [-0.4, -0.2) is 61.7 Å². The lowest BCUT2D eigenvalue weighted by Crippen LogP contribution is -2.46. The second-order valence-electron chi connectivity index (χ2n) is 8.14. The highest BCUT2D eigenvalue weighted by Gasteiger charge is 2.21. The molecule has 2 saturated heterocycles. The van der Waals surface area contributed by atoms with E-state index in [2.05, 4.69) is 44.1 Å². The Bertz CT molecular complexity index is 790. The zero-order valence-electron chi connectivity index (χ0n) is 17.4. The van der Waals surface area contributed by atoms with E-state index in [9.17, 15) is 4.39 Å². The predicted molar refractivity (Wildman–Crippen MR) is 118 cm³/mol. The summed E-state index contributed by atoms with van der Waals surface area (Å²) in [5.74, 6) is 0.760. The molecule has 29 heavy (non-hydrogen) atoms. The quantitative estimate of drug-likeness (QED) is 0.801. The Balaban J connectivity index is 1.36. The van der Waals surface area contributed by atoms with E-state index in [0.29, 0.717) is 6.04 Å². The molecule has 4 rings (SSSR count). The van der Waals surface area contributed by atoms with Gasteiger partial charge in [-0.05, 0) is 50.1 Å². The Kier molecular flexibility index (Phi) is 6.49. The molecule has 0 saturated carbocycles. The van der Waals surface area contributed by atoms with E-state index >= 15 is 0 Å². The molecule has 2 aliphatic heterocycles. The number of hydrogen-bond acceptors (Lipinski definition) is 5. The molecular weight excluding hydrogens is 365 g/mol. The molecule has 156 valence electrons. The van der Waals surface area contributed by atoms with E-state index in [1.807, 2.05) is 12.3 Å². The Morgan fingerprint density at radius 3 is 2.66 bits per heavy atom. The van der Waals surface area contributed by atoms with E-state index in [-0.39, 0.29) is 5.82 Å². The number of pyridine rings is 1. The smallest absolute Gasteiger partial charge is 0.128 e. The third-order valence-electron chi connectivity index (χ3n) is 5.97. The van der Waals surface area contributed by atoms with Gasteiger partial charge in [0.2, 0.25) is 0 Å². The summed E-state index contributed by atoms with van der Waals surface area (Å²) in [6, 6.07) is 11.5. The van der Waals surface area contributed by atoms with Gasteiger partial charge in [0.15, 0.2) is 0 Å². The summed E-state index contributed by atoms with van der Waals surface area (Å²) in [5, 5.41) is 3.62. The first-order valence-corrected chi connectivity index (χ1v) is 10.9. The monoisotopic (exact) mass is 397 g/mol. The summed E-state index contributed by atoms with van der Waals surface area (Å²) < 4.78 is 13.6. The number of nitrogens with zero attached hydrogens (tertiary/aromatic N) is 4. The maximum atomic E-state index is 13.6. The molecule has 5 nitrogen and oxygen atoms in total. The summed E-state index contributed by atoms with van der Waals surface area (Å²) >= 11 is 0. The Hall–Kier alpha value is -2.34. The topological polar surface area (TPSA) is 34.6 Å². The van der Waals surface area contributed by atoms with Crippen LogP contribution in [0.1, 0.15) is 26.2 Å². The van der Waals surface area contributed by atoms with E-state index in [1.165, 1.54) is 24.7 Å². The van der Waals surface area contributed by atoms with Gasteiger partial charge in [0, 0.05) is 68.9 Å². The maximum Gasteiger partial charge on any atom is 0.128 e. The van der Waals surface area contributed by atoms with Crippen molar-refractivity contribution in [3.63, 3.8) is 0 Å². The van der Waals surface area contributed by atoms with Gasteiger partial charge in [0.25, 0.3) is 0 Å². The van der Waals surface area contributed by atoms with Gasteiger partial charge in [-0.2, -0.15) is 0 Å². The Labute approximate surface area is 173 Å². The Morgan fingerprint density at radius 2 is 1.86 bits per heavy atom. The molecule has 1 atom stereocenters. The number of aromatic nitrogens is 1. The third-order valence-corrected chi connectivity index (χ3v) is 5.97. The van der Waals surface area contributed by atoms with Gasteiger partial charge in [-0.15, -0.1) is 0 Å². The van der Waals surface area contributed by atoms with Crippen LogP contribution in [-0.2, 0) is 0 Å². The maximum absolute atomic E-state index is 13.6. The van der Waals surface area contributed by atoms with Crippen molar-refractivity contribution in [3.05, 3.63) is 48.4 Å². The van der Waals surface area contributed by atoms with Gasteiger partial charge in [-0.25, -0.2) is 9.37 Å². The van der Waals surface area contributed by atoms with Crippen molar-refractivity contribution in [2.75, 3.05) is 60.9 Å². The van der Waals surface area contributed by atoms with E-state index in [1.54, 1.807) is 12.1 Å². The van der Waals surface area contributed by atoms with E-state index in [4.69, 9.17) is 0 Å². The van der Waals surface area contributed by atoms with Crippen molar-refractivity contribution in [1.29, 1.82) is 0 Å². The minimum absolute atomic E-state index is 0.175. The molecule has 2 aliphatic rings. The lowest BCUT2D eigenvalue weighted by atomic mass is 10.0. The number of piperidine rings is 1. The van der Waals surface area contributed by atoms with Crippen molar-refractivity contribution in [2.24, 2.45) is 0 Å². The van der Waals surface area contributed by atoms with Gasteiger partial charge in [0.05, 0.1) is 0 Å². The number of piperazine rings is 1. The summed E-state index contributed by atoms with van der Waals surface area (Å²) in [6.07, 6.45) is 5.32. The summed E-state index contributed by atoms with van der Waals surface area (Å²) in [4.78, 5) is 11.8. The summed E-state index contributed by atoms with van der Waals surface area (Å²) in [7, 11) is 0. The Morgan fingerprint density at radius 1 is 1.03 bits per heavy atom. The normalized spacial score (nSPS) is 20.7. The zero-order chi connectivity index (χ0) is 20.1. The molecule has 0 unspecified atom stereocenters. The number of halogens is 1. The van der Waals surface area contributed by atoms with Crippen LogP contribution in [0.15, 0.2) is 42.6 Å². The molecule has 1 aromatic carbocycles. The van der Waals surface area contributed by atoms with Gasteiger partial charge in [-0.3, -0.25) is 4.90 Å². The van der Waals surface area contributed by atoms with E-state index < -0.39 is 0 Å². The minimum Gasteiger partial charge on any atom is -0.369 e. The fourth-order valence-corrected chi connectivity index (χ4v) is 4.45. The standard InChI is InChI=1S/C23H32FN5/c1-2-10-27-12-14-28(15-13-27)22-8-9-25-23(17-22)26-20-6-4-11-29(18-20)21-7-3-5-19(24)16-21/h3,5,7-9,16-17,20H,2,4,6,10-15,18H2,1H3,(H,25,26)/t20-/m1/s1. The molecule has 6 heteroatoms. The average Bonchev–Trinajstić information content (AvgIpc) is 2.75. The van der Waals surface area contributed by atoms with Crippen LogP contribution in [0.5, 0.6) is 0 Å². The van der Waals surface area contributed by atoms with Crippen LogP contribution in [0.2, 0.25) is 0 Å². The van der Waals surface area contributed by atoms with Crippen LogP contribution < -0.4 is 15.1 Å². The highest BCUT2D eigenvalue weighted by molar-refractivity contribution is 5.55. The second kappa shape index (κ2) is 9.44. The highest BCUT2D eigenvalue weighted by atomic mass is 19.1. The number of benzene rings is 1. The SMILES string of the molecule is CCCN1CCN(c2ccnc(N[C@@H]3CCCN(c4cccc(F)c4)C3)c2)CC1. The van der Waals surface area contributed by atoms with Crippen LogP contribution in [0.4, 0.5) is 21.6 Å². The largest absolute Gasteiger partial charge is 0.369 e. The van der Waals surface area contributed by atoms with Gasteiger partial charge < -0.3 is 15.1 Å². The predicted octanol–water partition coefficient (Wildman–Crippen LogP) is 3.83. The molecule has 1 aromatic heterocycles. The number of anilines is 3. The second-order valence-corrected chi connectivity index (χ2v) is 8.14. The minimum atomic E-state index is -0.175. The molecule has 2 aromatic rings. The van der Waals surface area contributed by atoms with Crippen LogP contribution in [0.25, 0.3) is 0 Å². The summed E-state index contributed by atoms with van der Waals surface area (Å²) in [5.41, 5.74) is 2.21. The van der Waals surface area contributed by atoms with Crippen molar-refractivity contribution in [3.8, 4) is 0 Å². The molecule has 0 aliphatic carbocycles. The number of nitrogens with one attached hydrogen (secondary N) is 1. The number of hydrogen-bond donors (Lipinski definition) is 1. The summed E-state index contributed by atoms with van der Waals surface area (Å²) in [6.45, 7) is 9.67. The first kappa shape index (κ1) is 20.0. The van der Waals surface area contributed by atoms with Crippen molar-refractivity contribution in [2.45, 2.75) is 32.2 Å². The lowest BCUT2D eigenvalue weighted by Gasteiger charge is -2.36. The number of rotatable bonds is 6. The third kappa shape index (κ3) is 5.18. The lowest BCUT2D eigenvalue weighted by molar-refractivity contribution is 0.258. The van der Waals surface area contributed by atoms with Gasteiger partial charge in [-0.1, -0.05) is 13.0 Å². The van der Waals surface area contributed by atoms with Crippen LogP contribution in [0.3, 0.4) is 0 Å². The molecule has 0 amide bonds. The highest BCUT2D eigenvalue weighted by Crippen LogP contribution is 2.24. The fourth-order valence-electron chi connectivity index (χ4n) is 4.45. The first-order valence-electron chi connectivity index (χ1n) is 10.9. The molecular formula is C23H32FN5. The van der Waals surface area contributed by atoms with Crippen LogP contribution >= 0.6 is 0 Å². The molecule has 2 fully saturated rings.